The monoisotopic (exact) mass is 588 g/mol. The van der Waals surface area contributed by atoms with E-state index in [0.29, 0.717) is 0 Å². The van der Waals surface area contributed by atoms with Crippen molar-refractivity contribution in [3.05, 3.63) is 170 Å². The van der Waals surface area contributed by atoms with Crippen LogP contribution in [0.25, 0.3) is 65.9 Å². The van der Waals surface area contributed by atoms with E-state index in [4.69, 9.17) is 9.40 Å². The lowest BCUT2D eigenvalue weighted by Crippen LogP contribution is -2.10. The standard InChI is InChI=1S/C43H28N2O/c1-2-8-29(9-3-1)30-17-22-35(23-18-30)45(39-12-6-13-40-42(39)43-41(46-40)14-7-27-44-43)36-24-19-31(20-25-36)33-21-26-38-34(28-33)16-15-32-10-4-5-11-37(32)38/h1-28H. The number of benzene rings is 7. The third-order valence-electron chi connectivity index (χ3n) is 8.91. The summed E-state index contributed by atoms with van der Waals surface area (Å²) in [6, 6.07) is 58.0. The van der Waals surface area contributed by atoms with Gasteiger partial charge in [-0.1, -0.05) is 109 Å². The SMILES string of the molecule is c1ccc(-c2ccc(N(c3ccc(-c4ccc5c(ccc6ccccc65)c4)cc3)c3cccc4oc5cccnc5c34)cc2)cc1. The molecule has 9 rings (SSSR count). The quantitative estimate of drug-likeness (QED) is 0.187. The molecule has 7 aromatic carbocycles. The van der Waals surface area contributed by atoms with Crippen LogP contribution in [0.3, 0.4) is 0 Å². The van der Waals surface area contributed by atoms with E-state index in [1.54, 1.807) is 0 Å². The Morgan fingerprint density at radius 3 is 1.87 bits per heavy atom. The summed E-state index contributed by atoms with van der Waals surface area (Å²) in [4.78, 5) is 7.03. The highest BCUT2D eigenvalue weighted by atomic mass is 16.3. The molecule has 0 atom stereocenters. The number of hydrogen-bond acceptors (Lipinski definition) is 3. The number of anilines is 3. The molecule has 2 heterocycles. The summed E-state index contributed by atoms with van der Waals surface area (Å²) in [5.41, 5.74) is 10.3. The van der Waals surface area contributed by atoms with Crippen LogP contribution in [0.5, 0.6) is 0 Å². The molecule has 0 bridgehead atoms. The van der Waals surface area contributed by atoms with Crippen LogP contribution in [0.1, 0.15) is 0 Å². The minimum absolute atomic E-state index is 0.781. The molecule has 0 radical (unpaired) electrons. The van der Waals surface area contributed by atoms with Crippen molar-refractivity contribution in [1.29, 1.82) is 0 Å². The maximum atomic E-state index is 6.24. The van der Waals surface area contributed by atoms with Crippen molar-refractivity contribution in [2.24, 2.45) is 0 Å². The highest BCUT2D eigenvalue weighted by Crippen LogP contribution is 2.43. The Bertz CT molecular complexity index is 2510. The van der Waals surface area contributed by atoms with Crippen molar-refractivity contribution in [3.63, 3.8) is 0 Å². The topological polar surface area (TPSA) is 29.3 Å². The molecular formula is C43H28N2O. The van der Waals surface area contributed by atoms with Crippen molar-refractivity contribution in [3.8, 4) is 22.3 Å². The van der Waals surface area contributed by atoms with Gasteiger partial charge in [0.1, 0.15) is 11.1 Å². The van der Waals surface area contributed by atoms with Crippen molar-refractivity contribution < 1.29 is 4.42 Å². The number of aromatic nitrogens is 1. The van der Waals surface area contributed by atoms with Crippen LogP contribution in [0.4, 0.5) is 17.1 Å². The molecule has 3 nitrogen and oxygen atoms in total. The maximum absolute atomic E-state index is 6.24. The highest BCUT2D eigenvalue weighted by molar-refractivity contribution is 6.12. The van der Waals surface area contributed by atoms with Crippen LogP contribution in [0.2, 0.25) is 0 Å². The normalized spacial score (nSPS) is 11.5. The summed E-state index contributed by atoms with van der Waals surface area (Å²) < 4.78 is 6.24. The minimum atomic E-state index is 0.781. The number of pyridine rings is 1. The first-order valence-corrected chi connectivity index (χ1v) is 15.5. The van der Waals surface area contributed by atoms with Crippen LogP contribution in [-0.4, -0.2) is 4.98 Å². The number of fused-ring (bicyclic) bond motifs is 6. The third kappa shape index (κ3) is 4.41. The molecule has 0 unspecified atom stereocenters. The average Bonchev–Trinajstić information content (AvgIpc) is 3.52. The minimum Gasteiger partial charge on any atom is -0.454 e. The first kappa shape index (κ1) is 26.2. The Morgan fingerprint density at radius 1 is 0.435 bits per heavy atom. The molecule has 0 aliphatic heterocycles. The van der Waals surface area contributed by atoms with Crippen LogP contribution in [-0.2, 0) is 0 Å². The zero-order valence-corrected chi connectivity index (χ0v) is 25.0. The molecule has 0 amide bonds. The number of nitrogens with zero attached hydrogens (tertiary/aromatic N) is 2. The Balaban J connectivity index is 1.17. The van der Waals surface area contributed by atoms with Gasteiger partial charge in [-0.15, -0.1) is 0 Å². The lowest BCUT2D eigenvalue weighted by molar-refractivity contribution is 0.668. The van der Waals surface area contributed by atoms with E-state index in [9.17, 15) is 0 Å². The first-order valence-electron chi connectivity index (χ1n) is 15.5. The van der Waals surface area contributed by atoms with E-state index < -0.39 is 0 Å². The van der Waals surface area contributed by atoms with Gasteiger partial charge in [-0.25, -0.2) is 0 Å². The van der Waals surface area contributed by atoms with Gasteiger partial charge in [0.2, 0.25) is 0 Å². The van der Waals surface area contributed by atoms with Gasteiger partial charge >= 0.3 is 0 Å². The molecular weight excluding hydrogens is 560 g/mol. The molecule has 0 saturated heterocycles. The fourth-order valence-corrected chi connectivity index (χ4v) is 6.66. The van der Waals surface area contributed by atoms with Crippen LogP contribution >= 0.6 is 0 Å². The van der Waals surface area contributed by atoms with Gasteiger partial charge in [0.15, 0.2) is 5.58 Å². The van der Waals surface area contributed by atoms with Crippen LogP contribution in [0.15, 0.2) is 174 Å². The summed E-state index contributed by atoms with van der Waals surface area (Å²) in [6.07, 6.45) is 1.83. The molecule has 0 N–H and O–H groups in total. The Labute approximate surface area is 266 Å². The van der Waals surface area contributed by atoms with E-state index >= 15 is 0 Å². The van der Waals surface area contributed by atoms with E-state index in [2.05, 4.69) is 144 Å². The van der Waals surface area contributed by atoms with Crippen molar-refractivity contribution in [2.45, 2.75) is 0 Å². The van der Waals surface area contributed by atoms with Gasteiger partial charge in [0, 0.05) is 17.6 Å². The molecule has 0 spiro atoms. The van der Waals surface area contributed by atoms with Gasteiger partial charge in [0.05, 0.1) is 11.1 Å². The highest BCUT2D eigenvalue weighted by Gasteiger charge is 2.20. The Hall–Kier alpha value is -6.19. The lowest BCUT2D eigenvalue weighted by Gasteiger charge is -2.26. The zero-order valence-electron chi connectivity index (χ0n) is 25.0. The van der Waals surface area contributed by atoms with Gasteiger partial charge in [-0.3, -0.25) is 4.98 Å². The summed E-state index contributed by atoms with van der Waals surface area (Å²) in [5, 5.41) is 6.06. The van der Waals surface area contributed by atoms with E-state index in [0.717, 1.165) is 39.1 Å². The van der Waals surface area contributed by atoms with E-state index in [-0.39, 0.29) is 0 Å². The predicted octanol–water partition coefficient (Wildman–Crippen LogP) is 12.1. The Kier molecular flexibility index (Phi) is 6.14. The predicted molar refractivity (Wildman–Crippen MR) is 192 cm³/mol. The second kappa shape index (κ2) is 10.8. The molecule has 46 heavy (non-hydrogen) atoms. The van der Waals surface area contributed by atoms with Gasteiger partial charge in [-0.2, -0.15) is 0 Å². The molecule has 216 valence electrons. The van der Waals surface area contributed by atoms with Crippen molar-refractivity contribution >= 4 is 60.7 Å². The second-order valence-electron chi connectivity index (χ2n) is 11.6. The fraction of sp³-hybridized carbons (Fsp3) is 0. The summed E-state index contributed by atoms with van der Waals surface area (Å²) in [6.45, 7) is 0. The third-order valence-corrected chi connectivity index (χ3v) is 8.91. The van der Waals surface area contributed by atoms with E-state index in [1.165, 1.54) is 43.8 Å². The van der Waals surface area contributed by atoms with Gasteiger partial charge < -0.3 is 9.32 Å². The molecule has 0 aliphatic carbocycles. The fourth-order valence-electron chi connectivity index (χ4n) is 6.66. The second-order valence-corrected chi connectivity index (χ2v) is 11.6. The van der Waals surface area contributed by atoms with Crippen molar-refractivity contribution in [2.75, 3.05) is 4.90 Å². The first-order chi connectivity index (χ1) is 22.8. The van der Waals surface area contributed by atoms with Crippen LogP contribution in [0, 0.1) is 0 Å². The average molecular weight is 589 g/mol. The van der Waals surface area contributed by atoms with Gasteiger partial charge in [0.25, 0.3) is 0 Å². The Morgan fingerprint density at radius 2 is 1.07 bits per heavy atom. The number of hydrogen-bond donors (Lipinski definition) is 0. The smallest absolute Gasteiger partial charge is 0.153 e. The molecule has 0 aliphatic rings. The zero-order chi connectivity index (χ0) is 30.5. The summed E-state index contributed by atoms with van der Waals surface area (Å²) >= 11 is 0. The largest absolute Gasteiger partial charge is 0.454 e. The van der Waals surface area contributed by atoms with E-state index in [1.807, 2.05) is 30.5 Å². The molecule has 0 fully saturated rings. The molecule has 2 aromatic heterocycles. The lowest BCUT2D eigenvalue weighted by atomic mass is 9.97. The van der Waals surface area contributed by atoms with Gasteiger partial charge in [-0.05, 0) is 98.4 Å². The maximum Gasteiger partial charge on any atom is 0.153 e. The molecule has 0 saturated carbocycles. The molecule has 3 heteroatoms. The number of rotatable bonds is 5. The molecule has 9 aromatic rings. The number of furan rings is 1. The summed E-state index contributed by atoms with van der Waals surface area (Å²) in [7, 11) is 0. The van der Waals surface area contributed by atoms with Crippen molar-refractivity contribution in [1.82, 2.24) is 4.98 Å². The van der Waals surface area contributed by atoms with Crippen LogP contribution < -0.4 is 4.90 Å². The summed E-state index contributed by atoms with van der Waals surface area (Å²) in [5.74, 6) is 0.